The Bertz CT molecular complexity index is 905. The van der Waals surface area contributed by atoms with Crippen molar-refractivity contribution in [3.05, 3.63) is 52.5 Å². The van der Waals surface area contributed by atoms with Gasteiger partial charge in [0.2, 0.25) is 0 Å². The van der Waals surface area contributed by atoms with Crippen molar-refractivity contribution < 1.29 is 13.9 Å². The first-order chi connectivity index (χ1) is 11.7. The Balaban J connectivity index is 1.94. The Kier molecular flexibility index (Phi) is 4.64. The number of hydrogen-bond acceptors (Lipinski definition) is 6. The van der Waals surface area contributed by atoms with Crippen LogP contribution in [0.5, 0.6) is 11.5 Å². The lowest BCUT2D eigenvalue weighted by Gasteiger charge is -2.07. The van der Waals surface area contributed by atoms with Gasteiger partial charge >= 0.3 is 0 Å². The van der Waals surface area contributed by atoms with E-state index in [0.29, 0.717) is 33.5 Å². The van der Waals surface area contributed by atoms with Crippen LogP contribution in [0.2, 0.25) is 0 Å². The van der Waals surface area contributed by atoms with Crippen molar-refractivity contribution in [2.24, 2.45) is 0 Å². The highest BCUT2D eigenvalue weighted by Gasteiger charge is 2.11. The van der Waals surface area contributed by atoms with E-state index in [1.807, 2.05) is 23.6 Å². The number of allylic oxidation sites excluding steroid dienone is 1. The Labute approximate surface area is 143 Å². The minimum absolute atomic E-state index is 0.477. The molecule has 3 aromatic rings. The van der Waals surface area contributed by atoms with Crippen LogP contribution in [0.25, 0.3) is 23.1 Å². The van der Waals surface area contributed by atoms with Gasteiger partial charge in [0.15, 0.2) is 17.3 Å². The third kappa shape index (κ3) is 3.16. The SMILES string of the molecule is COc1ccc(C=C(C#N)c2nc(-c3ccco3)cs2)cc1OC. The van der Waals surface area contributed by atoms with Crippen LogP contribution in [0.3, 0.4) is 0 Å². The van der Waals surface area contributed by atoms with Crippen molar-refractivity contribution in [3.8, 4) is 29.0 Å². The molecule has 0 fully saturated rings. The first-order valence-corrected chi connectivity index (χ1v) is 7.96. The lowest BCUT2D eigenvalue weighted by molar-refractivity contribution is 0.355. The van der Waals surface area contributed by atoms with Gasteiger partial charge in [-0.05, 0) is 35.9 Å². The van der Waals surface area contributed by atoms with Gasteiger partial charge in [0, 0.05) is 5.38 Å². The quantitative estimate of drug-likeness (QED) is 0.641. The summed E-state index contributed by atoms with van der Waals surface area (Å²) in [5.41, 5.74) is 2.03. The summed E-state index contributed by atoms with van der Waals surface area (Å²) < 4.78 is 15.8. The molecule has 0 bridgehead atoms. The predicted octanol–water partition coefficient (Wildman–Crippen LogP) is 4.48. The molecule has 2 heterocycles. The van der Waals surface area contributed by atoms with E-state index in [0.717, 1.165) is 5.56 Å². The van der Waals surface area contributed by atoms with Gasteiger partial charge in [-0.2, -0.15) is 5.26 Å². The van der Waals surface area contributed by atoms with Crippen molar-refractivity contribution in [1.82, 2.24) is 4.98 Å². The van der Waals surface area contributed by atoms with E-state index in [4.69, 9.17) is 13.9 Å². The van der Waals surface area contributed by atoms with Crippen LogP contribution >= 0.6 is 11.3 Å². The molecule has 0 aliphatic carbocycles. The average Bonchev–Trinajstić information content (AvgIpc) is 3.30. The fourth-order valence-corrected chi connectivity index (χ4v) is 2.96. The molecule has 0 amide bonds. The molecule has 0 aliphatic heterocycles. The molecule has 0 atom stereocenters. The molecule has 0 saturated heterocycles. The van der Waals surface area contributed by atoms with Gasteiger partial charge in [-0.25, -0.2) is 4.98 Å². The van der Waals surface area contributed by atoms with Crippen molar-refractivity contribution in [1.29, 1.82) is 5.26 Å². The number of methoxy groups -OCH3 is 2. The zero-order valence-corrected chi connectivity index (χ0v) is 14.0. The van der Waals surface area contributed by atoms with E-state index < -0.39 is 0 Å². The molecule has 0 saturated carbocycles. The number of rotatable bonds is 5. The monoisotopic (exact) mass is 338 g/mol. The second-order valence-electron chi connectivity index (χ2n) is 4.80. The summed E-state index contributed by atoms with van der Waals surface area (Å²) in [4.78, 5) is 4.47. The van der Waals surface area contributed by atoms with Crippen LogP contribution in [0, 0.1) is 11.3 Å². The molecule has 5 nitrogen and oxygen atoms in total. The number of aromatic nitrogens is 1. The van der Waals surface area contributed by atoms with Crippen LogP contribution < -0.4 is 9.47 Å². The molecule has 3 rings (SSSR count). The molecule has 1 aromatic carbocycles. The van der Waals surface area contributed by atoms with E-state index in [1.54, 1.807) is 38.7 Å². The molecule has 0 N–H and O–H groups in total. The highest BCUT2D eigenvalue weighted by atomic mass is 32.1. The summed E-state index contributed by atoms with van der Waals surface area (Å²) in [6.45, 7) is 0. The largest absolute Gasteiger partial charge is 0.493 e. The first kappa shape index (κ1) is 15.8. The first-order valence-electron chi connectivity index (χ1n) is 7.08. The lowest BCUT2D eigenvalue weighted by Crippen LogP contribution is -1.90. The highest BCUT2D eigenvalue weighted by molar-refractivity contribution is 7.11. The maximum absolute atomic E-state index is 9.48. The Morgan fingerprint density at radius 1 is 1.25 bits per heavy atom. The van der Waals surface area contributed by atoms with E-state index in [-0.39, 0.29) is 0 Å². The molecule has 0 spiro atoms. The van der Waals surface area contributed by atoms with Crippen LogP contribution in [0.1, 0.15) is 10.6 Å². The van der Waals surface area contributed by atoms with Crippen molar-refractivity contribution in [2.45, 2.75) is 0 Å². The summed E-state index contributed by atoms with van der Waals surface area (Å²) >= 11 is 1.40. The summed E-state index contributed by atoms with van der Waals surface area (Å²) in [7, 11) is 3.16. The number of nitrogens with zero attached hydrogens (tertiary/aromatic N) is 2. The fraction of sp³-hybridized carbons (Fsp3) is 0.111. The minimum atomic E-state index is 0.477. The molecule has 6 heteroatoms. The molecular weight excluding hydrogens is 324 g/mol. The molecule has 0 unspecified atom stereocenters. The number of nitriles is 1. The highest BCUT2D eigenvalue weighted by Crippen LogP contribution is 2.31. The van der Waals surface area contributed by atoms with Crippen LogP contribution in [0.15, 0.2) is 46.4 Å². The summed E-state index contributed by atoms with van der Waals surface area (Å²) in [6, 6.07) is 11.3. The maximum atomic E-state index is 9.48. The van der Waals surface area contributed by atoms with Gasteiger partial charge in [0.25, 0.3) is 0 Å². The third-order valence-electron chi connectivity index (χ3n) is 3.35. The molecule has 0 aliphatic rings. The van der Waals surface area contributed by atoms with Gasteiger partial charge < -0.3 is 13.9 Å². The smallest absolute Gasteiger partial charge is 0.161 e. The van der Waals surface area contributed by atoms with E-state index >= 15 is 0 Å². The molecule has 2 aromatic heterocycles. The Hall–Kier alpha value is -3.04. The number of thiazole rings is 1. The van der Waals surface area contributed by atoms with Crippen LogP contribution in [-0.4, -0.2) is 19.2 Å². The zero-order chi connectivity index (χ0) is 16.9. The third-order valence-corrected chi connectivity index (χ3v) is 4.22. The fourth-order valence-electron chi connectivity index (χ4n) is 2.19. The van der Waals surface area contributed by atoms with E-state index in [1.165, 1.54) is 11.3 Å². The molecule has 0 radical (unpaired) electrons. The van der Waals surface area contributed by atoms with Gasteiger partial charge in [-0.15, -0.1) is 11.3 Å². The number of furan rings is 1. The summed E-state index contributed by atoms with van der Waals surface area (Å²) in [5, 5.41) is 12.0. The van der Waals surface area contributed by atoms with Gasteiger partial charge in [-0.3, -0.25) is 0 Å². The molecular formula is C18H14N2O3S. The van der Waals surface area contributed by atoms with Gasteiger partial charge in [0.05, 0.1) is 26.1 Å². The van der Waals surface area contributed by atoms with Crippen molar-refractivity contribution in [2.75, 3.05) is 14.2 Å². The zero-order valence-electron chi connectivity index (χ0n) is 13.1. The number of hydrogen-bond donors (Lipinski definition) is 0. The van der Waals surface area contributed by atoms with Gasteiger partial charge in [-0.1, -0.05) is 6.07 Å². The van der Waals surface area contributed by atoms with Crippen LogP contribution in [-0.2, 0) is 0 Å². The second kappa shape index (κ2) is 7.02. The molecule has 120 valence electrons. The lowest BCUT2D eigenvalue weighted by atomic mass is 10.1. The van der Waals surface area contributed by atoms with E-state index in [9.17, 15) is 5.26 Å². The Morgan fingerprint density at radius 2 is 2.08 bits per heavy atom. The standard InChI is InChI=1S/C18H14N2O3S/c1-21-16-6-5-12(9-17(16)22-2)8-13(10-19)18-20-14(11-24-18)15-4-3-7-23-15/h3-9,11H,1-2H3. The van der Waals surface area contributed by atoms with Crippen molar-refractivity contribution >= 4 is 23.0 Å². The normalized spacial score (nSPS) is 11.1. The number of ether oxygens (including phenoxy) is 2. The van der Waals surface area contributed by atoms with Gasteiger partial charge in [0.1, 0.15) is 16.8 Å². The summed E-state index contributed by atoms with van der Waals surface area (Å²) in [6.07, 6.45) is 3.37. The maximum Gasteiger partial charge on any atom is 0.161 e. The Morgan fingerprint density at radius 3 is 2.75 bits per heavy atom. The predicted molar refractivity (Wildman–Crippen MR) is 92.8 cm³/mol. The second-order valence-corrected chi connectivity index (χ2v) is 5.66. The topological polar surface area (TPSA) is 68.3 Å². The average molecular weight is 338 g/mol. The summed E-state index contributed by atoms with van der Waals surface area (Å²) in [5.74, 6) is 1.93. The van der Waals surface area contributed by atoms with E-state index in [2.05, 4.69) is 11.1 Å². The molecule has 24 heavy (non-hydrogen) atoms. The van der Waals surface area contributed by atoms with Crippen LogP contribution in [0.4, 0.5) is 0 Å². The minimum Gasteiger partial charge on any atom is -0.493 e. The number of benzene rings is 1. The van der Waals surface area contributed by atoms with Crippen molar-refractivity contribution in [3.63, 3.8) is 0 Å².